The van der Waals surface area contributed by atoms with Crippen molar-refractivity contribution >= 4 is 17.3 Å². The van der Waals surface area contributed by atoms with Gasteiger partial charge in [0, 0.05) is 12.1 Å². The normalized spacial score (nSPS) is 9.62. The van der Waals surface area contributed by atoms with Gasteiger partial charge in [0.25, 0.3) is 0 Å². The van der Waals surface area contributed by atoms with Crippen molar-refractivity contribution in [2.75, 3.05) is 17.6 Å². The van der Waals surface area contributed by atoms with Gasteiger partial charge in [0.1, 0.15) is 0 Å². The second-order valence-corrected chi connectivity index (χ2v) is 3.83. The van der Waals surface area contributed by atoms with Gasteiger partial charge in [-0.3, -0.25) is 4.79 Å². The first-order chi connectivity index (χ1) is 7.50. The van der Waals surface area contributed by atoms with Crippen LogP contribution in [-0.4, -0.2) is 12.5 Å². The summed E-state index contributed by atoms with van der Waals surface area (Å²) < 4.78 is 0. The van der Waals surface area contributed by atoms with Gasteiger partial charge in [-0.1, -0.05) is 11.6 Å². The number of carbonyl (C=O) groups excluding carboxylic acids is 1. The third kappa shape index (κ3) is 3.31. The van der Waals surface area contributed by atoms with Crippen LogP contribution in [0.5, 0.6) is 0 Å². The molecule has 86 valence electrons. The number of primary amides is 1. The van der Waals surface area contributed by atoms with E-state index in [0.29, 0.717) is 17.8 Å². The van der Waals surface area contributed by atoms with E-state index in [-0.39, 0.29) is 0 Å². The van der Waals surface area contributed by atoms with Crippen molar-refractivity contribution in [1.29, 1.82) is 0 Å². The van der Waals surface area contributed by atoms with Gasteiger partial charge in [0.2, 0.25) is 5.91 Å². The lowest BCUT2D eigenvalue weighted by Crippen LogP contribution is -2.12. The SMILES string of the molecule is CC(C)=CCNc1ccc(C(N)=O)cc1N. The van der Waals surface area contributed by atoms with Gasteiger partial charge in [0.15, 0.2) is 0 Å². The van der Waals surface area contributed by atoms with Crippen LogP contribution in [0.1, 0.15) is 24.2 Å². The summed E-state index contributed by atoms with van der Waals surface area (Å²) >= 11 is 0. The molecule has 0 bridgehead atoms. The summed E-state index contributed by atoms with van der Waals surface area (Å²) in [4.78, 5) is 10.9. The van der Waals surface area contributed by atoms with Crippen LogP contribution in [0.2, 0.25) is 0 Å². The highest BCUT2D eigenvalue weighted by molar-refractivity contribution is 5.94. The number of nitrogen functional groups attached to an aromatic ring is 1. The molecule has 0 saturated heterocycles. The summed E-state index contributed by atoms with van der Waals surface area (Å²) in [5.74, 6) is -0.470. The number of hydrogen-bond acceptors (Lipinski definition) is 3. The number of rotatable bonds is 4. The molecule has 1 amide bonds. The van der Waals surface area contributed by atoms with Crippen LogP contribution in [-0.2, 0) is 0 Å². The summed E-state index contributed by atoms with van der Waals surface area (Å²) in [6, 6.07) is 4.99. The minimum atomic E-state index is -0.470. The molecular weight excluding hydrogens is 202 g/mol. The maximum Gasteiger partial charge on any atom is 0.248 e. The van der Waals surface area contributed by atoms with Gasteiger partial charge in [-0.25, -0.2) is 0 Å². The van der Waals surface area contributed by atoms with E-state index in [1.54, 1.807) is 18.2 Å². The van der Waals surface area contributed by atoms with Gasteiger partial charge in [-0.15, -0.1) is 0 Å². The highest BCUT2D eigenvalue weighted by Crippen LogP contribution is 2.19. The van der Waals surface area contributed by atoms with Crippen LogP contribution in [0.25, 0.3) is 0 Å². The van der Waals surface area contributed by atoms with Crippen molar-refractivity contribution in [2.45, 2.75) is 13.8 Å². The average molecular weight is 219 g/mol. The Morgan fingerprint density at radius 2 is 2.12 bits per heavy atom. The first kappa shape index (κ1) is 12.1. The van der Waals surface area contributed by atoms with E-state index in [2.05, 4.69) is 11.4 Å². The fourth-order valence-electron chi connectivity index (χ4n) is 1.24. The van der Waals surface area contributed by atoms with Crippen molar-refractivity contribution in [2.24, 2.45) is 5.73 Å². The van der Waals surface area contributed by atoms with Crippen LogP contribution in [0.15, 0.2) is 29.8 Å². The average Bonchev–Trinajstić information content (AvgIpc) is 2.19. The predicted octanol–water partition coefficient (Wildman–Crippen LogP) is 1.75. The summed E-state index contributed by atoms with van der Waals surface area (Å²) in [7, 11) is 0. The lowest BCUT2D eigenvalue weighted by atomic mass is 10.1. The molecule has 0 unspecified atom stereocenters. The van der Waals surface area contributed by atoms with Crippen LogP contribution >= 0.6 is 0 Å². The number of anilines is 2. The van der Waals surface area contributed by atoms with Crippen LogP contribution in [0.3, 0.4) is 0 Å². The topological polar surface area (TPSA) is 81.1 Å². The molecule has 0 aliphatic rings. The van der Waals surface area contributed by atoms with Gasteiger partial charge in [-0.05, 0) is 32.0 Å². The molecule has 5 N–H and O–H groups in total. The van der Waals surface area contributed by atoms with E-state index in [9.17, 15) is 4.79 Å². The molecule has 0 saturated carbocycles. The highest BCUT2D eigenvalue weighted by atomic mass is 16.1. The molecule has 1 rings (SSSR count). The molecule has 0 atom stereocenters. The molecule has 16 heavy (non-hydrogen) atoms. The second-order valence-electron chi connectivity index (χ2n) is 3.83. The molecule has 0 radical (unpaired) electrons. The Bertz CT molecular complexity index is 420. The maximum atomic E-state index is 10.9. The zero-order valence-electron chi connectivity index (χ0n) is 9.58. The fraction of sp³-hybridized carbons (Fsp3) is 0.250. The summed E-state index contributed by atoms with van der Waals surface area (Å²) in [5, 5.41) is 3.16. The summed E-state index contributed by atoms with van der Waals surface area (Å²) in [6.07, 6.45) is 2.06. The van der Waals surface area contributed by atoms with Crippen LogP contribution < -0.4 is 16.8 Å². The first-order valence-electron chi connectivity index (χ1n) is 5.07. The number of benzene rings is 1. The fourth-order valence-corrected chi connectivity index (χ4v) is 1.24. The quantitative estimate of drug-likeness (QED) is 0.533. The molecule has 0 spiro atoms. The third-order valence-electron chi connectivity index (χ3n) is 2.14. The Morgan fingerprint density at radius 3 is 2.62 bits per heavy atom. The lowest BCUT2D eigenvalue weighted by Gasteiger charge is -2.08. The molecule has 0 heterocycles. The minimum absolute atomic E-state index is 0.422. The highest BCUT2D eigenvalue weighted by Gasteiger charge is 2.03. The third-order valence-corrected chi connectivity index (χ3v) is 2.14. The molecule has 4 nitrogen and oxygen atoms in total. The molecule has 0 fully saturated rings. The number of allylic oxidation sites excluding steroid dienone is 1. The smallest absolute Gasteiger partial charge is 0.248 e. The standard InChI is InChI=1S/C12H17N3O/c1-8(2)5-6-15-11-4-3-9(12(14)16)7-10(11)13/h3-5,7,15H,6,13H2,1-2H3,(H2,14,16). The molecule has 0 aromatic heterocycles. The number of carbonyl (C=O) groups is 1. The van der Waals surface area contributed by atoms with Crippen molar-refractivity contribution < 1.29 is 4.79 Å². The zero-order valence-corrected chi connectivity index (χ0v) is 9.58. The van der Waals surface area contributed by atoms with Gasteiger partial charge < -0.3 is 16.8 Å². The second kappa shape index (κ2) is 5.21. The van der Waals surface area contributed by atoms with E-state index < -0.39 is 5.91 Å². The largest absolute Gasteiger partial charge is 0.397 e. The Balaban J connectivity index is 2.75. The van der Waals surface area contributed by atoms with Crippen molar-refractivity contribution in [3.8, 4) is 0 Å². The van der Waals surface area contributed by atoms with Crippen molar-refractivity contribution in [3.63, 3.8) is 0 Å². The molecule has 0 aliphatic heterocycles. The lowest BCUT2D eigenvalue weighted by molar-refractivity contribution is 0.100. The Hall–Kier alpha value is -1.97. The molecule has 0 aliphatic carbocycles. The zero-order chi connectivity index (χ0) is 12.1. The summed E-state index contributed by atoms with van der Waals surface area (Å²) in [6.45, 7) is 4.77. The molecule has 1 aromatic carbocycles. The van der Waals surface area contributed by atoms with E-state index in [4.69, 9.17) is 11.5 Å². The first-order valence-corrected chi connectivity index (χ1v) is 5.07. The Labute approximate surface area is 95.3 Å². The molecular formula is C12H17N3O. The number of nitrogens with two attached hydrogens (primary N) is 2. The van der Waals surface area contributed by atoms with E-state index in [1.165, 1.54) is 5.57 Å². The predicted molar refractivity (Wildman–Crippen MR) is 67.3 cm³/mol. The molecule has 4 heteroatoms. The van der Waals surface area contributed by atoms with Gasteiger partial charge in [0.05, 0.1) is 11.4 Å². The molecule has 1 aromatic rings. The number of hydrogen-bond donors (Lipinski definition) is 3. The van der Waals surface area contributed by atoms with E-state index >= 15 is 0 Å². The maximum absolute atomic E-state index is 10.9. The minimum Gasteiger partial charge on any atom is -0.397 e. The van der Waals surface area contributed by atoms with E-state index in [0.717, 1.165) is 5.69 Å². The Morgan fingerprint density at radius 1 is 1.44 bits per heavy atom. The van der Waals surface area contributed by atoms with Crippen molar-refractivity contribution in [1.82, 2.24) is 0 Å². The number of nitrogens with one attached hydrogen (secondary N) is 1. The monoisotopic (exact) mass is 219 g/mol. The van der Waals surface area contributed by atoms with Gasteiger partial charge in [-0.2, -0.15) is 0 Å². The van der Waals surface area contributed by atoms with E-state index in [1.807, 2.05) is 13.8 Å². The van der Waals surface area contributed by atoms with Crippen molar-refractivity contribution in [3.05, 3.63) is 35.4 Å². The van der Waals surface area contributed by atoms with Crippen LogP contribution in [0, 0.1) is 0 Å². The Kier molecular flexibility index (Phi) is 3.94. The summed E-state index contributed by atoms with van der Waals surface area (Å²) in [5.41, 5.74) is 13.9. The van der Waals surface area contributed by atoms with Crippen LogP contribution in [0.4, 0.5) is 11.4 Å². The van der Waals surface area contributed by atoms with Gasteiger partial charge >= 0.3 is 0 Å². The number of amides is 1.